The number of hydrogen-bond donors (Lipinski definition) is 1. The van der Waals surface area contributed by atoms with E-state index in [0.29, 0.717) is 0 Å². The molecule has 1 atom stereocenters. The molecule has 0 aliphatic rings. The van der Waals surface area contributed by atoms with Crippen molar-refractivity contribution < 1.29 is 27.5 Å². The molecule has 0 saturated heterocycles. The quantitative estimate of drug-likeness (QED) is 0.686. The molecule has 0 fully saturated rings. The number of amides is 1. The molecule has 0 saturated carbocycles. The molecular formula is C14H14F3NO3. The Balaban J connectivity index is 2.64. The van der Waals surface area contributed by atoms with Crippen molar-refractivity contribution in [3.8, 4) is 0 Å². The van der Waals surface area contributed by atoms with E-state index in [1.165, 1.54) is 13.0 Å². The van der Waals surface area contributed by atoms with Crippen molar-refractivity contribution in [1.29, 1.82) is 0 Å². The summed E-state index contributed by atoms with van der Waals surface area (Å²) < 4.78 is 41.9. The van der Waals surface area contributed by atoms with Gasteiger partial charge in [-0.25, -0.2) is 4.79 Å². The molecule has 0 heterocycles. The van der Waals surface area contributed by atoms with Gasteiger partial charge in [0.05, 0.1) is 5.56 Å². The van der Waals surface area contributed by atoms with Gasteiger partial charge in [0.2, 0.25) is 0 Å². The average Bonchev–Trinajstić information content (AvgIpc) is 2.38. The molecule has 114 valence electrons. The van der Waals surface area contributed by atoms with E-state index in [4.69, 9.17) is 4.74 Å². The summed E-state index contributed by atoms with van der Waals surface area (Å²) in [4.78, 5) is 22.9. The number of carbonyl (C=O) groups excluding carboxylic acids is 2. The van der Waals surface area contributed by atoms with Crippen LogP contribution in [0.4, 0.5) is 18.9 Å². The molecule has 0 unspecified atom stereocenters. The first kappa shape index (κ1) is 16.7. The van der Waals surface area contributed by atoms with Crippen LogP contribution >= 0.6 is 0 Å². The van der Waals surface area contributed by atoms with Crippen molar-refractivity contribution in [2.75, 3.05) is 5.32 Å². The minimum atomic E-state index is -4.43. The smallest absolute Gasteiger partial charge is 0.416 e. The van der Waals surface area contributed by atoms with E-state index < -0.39 is 29.7 Å². The number of ether oxygens (including phenoxy) is 1. The summed E-state index contributed by atoms with van der Waals surface area (Å²) in [5.74, 6) is -1.31. The van der Waals surface area contributed by atoms with Gasteiger partial charge in [-0.3, -0.25) is 4.79 Å². The summed E-state index contributed by atoms with van der Waals surface area (Å²) in [7, 11) is 0. The summed E-state index contributed by atoms with van der Waals surface area (Å²) in [6.07, 6.45) is -2.88. The van der Waals surface area contributed by atoms with E-state index in [1.807, 2.05) is 0 Å². The van der Waals surface area contributed by atoms with E-state index in [-0.39, 0.29) is 5.69 Å². The molecule has 7 heteroatoms. The Morgan fingerprint density at radius 3 is 2.29 bits per heavy atom. The Morgan fingerprint density at radius 1 is 1.24 bits per heavy atom. The lowest BCUT2D eigenvalue weighted by molar-refractivity contribution is -0.148. The van der Waals surface area contributed by atoms with Gasteiger partial charge in [0.25, 0.3) is 5.91 Å². The van der Waals surface area contributed by atoms with Crippen molar-refractivity contribution in [2.45, 2.75) is 26.1 Å². The first-order valence-corrected chi connectivity index (χ1v) is 6.05. The zero-order valence-electron chi connectivity index (χ0n) is 11.4. The molecule has 1 amide bonds. The highest BCUT2D eigenvalue weighted by molar-refractivity contribution is 5.95. The van der Waals surface area contributed by atoms with E-state index in [1.54, 1.807) is 6.92 Å². The van der Waals surface area contributed by atoms with Crippen molar-refractivity contribution in [3.05, 3.63) is 42.0 Å². The number of esters is 1. The molecule has 0 aromatic heterocycles. The number of nitrogens with one attached hydrogen (secondary N) is 1. The van der Waals surface area contributed by atoms with Crippen LogP contribution < -0.4 is 5.32 Å². The van der Waals surface area contributed by atoms with Crippen LogP contribution in [0.5, 0.6) is 0 Å². The van der Waals surface area contributed by atoms with Crippen LogP contribution in [-0.4, -0.2) is 18.0 Å². The lowest BCUT2D eigenvalue weighted by atomic mass is 10.2. The number of alkyl halides is 3. The second-order valence-electron chi connectivity index (χ2n) is 4.14. The molecule has 0 bridgehead atoms. The highest BCUT2D eigenvalue weighted by Crippen LogP contribution is 2.29. The number of anilines is 1. The molecule has 1 rings (SSSR count). The van der Waals surface area contributed by atoms with Crippen LogP contribution in [0, 0.1) is 0 Å². The van der Waals surface area contributed by atoms with Crippen molar-refractivity contribution in [2.24, 2.45) is 0 Å². The standard InChI is InChI=1S/C14H14F3NO3/c1-3-4-12(19)21-9(2)13(20)18-11-7-5-10(6-8-11)14(15,16)17/h3-9H,1-2H3,(H,18,20)/b4-3+/t9-/m0/s1. The molecule has 21 heavy (non-hydrogen) atoms. The lowest BCUT2D eigenvalue weighted by Crippen LogP contribution is -2.29. The van der Waals surface area contributed by atoms with Crippen LogP contribution in [0.15, 0.2) is 36.4 Å². The first-order valence-electron chi connectivity index (χ1n) is 6.05. The van der Waals surface area contributed by atoms with E-state index in [9.17, 15) is 22.8 Å². The Kier molecular flexibility index (Phi) is 5.52. The molecule has 0 aliphatic heterocycles. The topological polar surface area (TPSA) is 55.4 Å². The molecule has 1 aromatic rings. The fourth-order valence-electron chi connectivity index (χ4n) is 1.39. The predicted octanol–water partition coefficient (Wildman–Crippen LogP) is 3.15. The molecular weight excluding hydrogens is 287 g/mol. The summed E-state index contributed by atoms with van der Waals surface area (Å²) >= 11 is 0. The van der Waals surface area contributed by atoms with Gasteiger partial charge >= 0.3 is 12.1 Å². The fraction of sp³-hybridized carbons (Fsp3) is 0.286. The second kappa shape index (κ2) is 6.92. The maximum atomic E-state index is 12.4. The van der Waals surface area contributed by atoms with Crippen molar-refractivity contribution in [1.82, 2.24) is 0 Å². The minimum absolute atomic E-state index is 0.182. The van der Waals surface area contributed by atoms with E-state index in [0.717, 1.165) is 30.3 Å². The van der Waals surface area contributed by atoms with Crippen LogP contribution in [0.25, 0.3) is 0 Å². The van der Waals surface area contributed by atoms with Gasteiger partial charge in [0.1, 0.15) is 0 Å². The van der Waals surface area contributed by atoms with Gasteiger partial charge in [-0.15, -0.1) is 0 Å². The summed E-state index contributed by atoms with van der Waals surface area (Å²) in [6, 6.07) is 3.96. The minimum Gasteiger partial charge on any atom is -0.449 e. The molecule has 0 spiro atoms. The van der Waals surface area contributed by atoms with E-state index in [2.05, 4.69) is 5.32 Å². The number of allylic oxidation sites excluding steroid dienone is 1. The second-order valence-corrected chi connectivity index (χ2v) is 4.14. The van der Waals surface area contributed by atoms with Crippen LogP contribution in [-0.2, 0) is 20.5 Å². The van der Waals surface area contributed by atoms with Gasteiger partial charge in [-0.1, -0.05) is 6.08 Å². The summed E-state index contributed by atoms with van der Waals surface area (Å²) in [5, 5.41) is 2.36. The number of carbonyl (C=O) groups is 2. The normalized spacial score (nSPS) is 13.0. The van der Waals surface area contributed by atoms with Crippen LogP contribution in [0.2, 0.25) is 0 Å². The molecule has 0 radical (unpaired) electrons. The Bertz CT molecular complexity index is 535. The number of halogens is 3. The zero-order valence-corrected chi connectivity index (χ0v) is 11.4. The van der Waals surface area contributed by atoms with Crippen LogP contribution in [0.3, 0.4) is 0 Å². The fourth-order valence-corrected chi connectivity index (χ4v) is 1.39. The van der Waals surface area contributed by atoms with Crippen molar-refractivity contribution in [3.63, 3.8) is 0 Å². The largest absolute Gasteiger partial charge is 0.449 e. The monoisotopic (exact) mass is 301 g/mol. The van der Waals surface area contributed by atoms with Gasteiger partial charge in [0, 0.05) is 11.8 Å². The number of rotatable bonds is 4. The molecule has 0 aliphatic carbocycles. The third-order valence-electron chi connectivity index (χ3n) is 2.44. The number of hydrogen-bond acceptors (Lipinski definition) is 3. The molecule has 1 aromatic carbocycles. The highest BCUT2D eigenvalue weighted by atomic mass is 19.4. The highest BCUT2D eigenvalue weighted by Gasteiger charge is 2.30. The van der Waals surface area contributed by atoms with Gasteiger partial charge in [-0.05, 0) is 38.1 Å². The molecule has 4 nitrogen and oxygen atoms in total. The lowest BCUT2D eigenvalue weighted by Gasteiger charge is -2.13. The molecule has 1 N–H and O–H groups in total. The van der Waals surface area contributed by atoms with Crippen molar-refractivity contribution >= 4 is 17.6 Å². The Morgan fingerprint density at radius 2 is 1.81 bits per heavy atom. The zero-order chi connectivity index (χ0) is 16.0. The third kappa shape index (κ3) is 5.29. The first-order chi connectivity index (χ1) is 9.74. The maximum Gasteiger partial charge on any atom is 0.416 e. The predicted molar refractivity (Wildman–Crippen MR) is 70.4 cm³/mol. The average molecular weight is 301 g/mol. The third-order valence-corrected chi connectivity index (χ3v) is 2.44. The van der Waals surface area contributed by atoms with E-state index >= 15 is 0 Å². The Hall–Kier alpha value is -2.31. The van der Waals surface area contributed by atoms with Gasteiger partial charge < -0.3 is 10.1 Å². The van der Waals surface area contributed by atoms with Gasteiger partial charge in [-0.2, -0.15) is 13.2 Å². The van der Waals surface area contributed by atoms with Crippen LogP contribution in [0.1, 0.15) is 19.4 Å². The summed E-state index contributed by atoms with van der Waals surface area (Å²) in [5.41, 5.74) is -0.630. The maximum absolute atomic E-state index is 12.4. The SMILES string of the molecule is C/C=C/C(=O)O[C@@H](C)C(=O)Nc1ccc(C(F)(F)F)cc1. The van der Waals surface area contributed by atoms with Gasteiger partial charge in [0.15, 0.2) is 6.10 Å². The Labute approximate surface area is 119 Å². The number of benzene rings is 1. The summed E-state index contributed by atoms with van der Waals surface area (Å²) in [6.45, 7) is 2.98.